The third kappa shape index (κ3) is 22.9. The number of nitrogens with one attached hydrogen (secondary N) is 1. The highest BCUT2D eigenvalue weighted by Crippen LogP contribution is 1.91. The molecule has 0 radical (unpaired) electrons. The Kier molecular flexibility index (Phi) is 20.8. The van der Waals surface area contributed by atoms with Gasteiger partial charge in [-0.1, -0.05) is 20.8 Å². The van der Waals surface area contributed by atoms with E-state index in [1.54, 1.807) is 14.2 Å². The Hall–Kier alpha value is -0.200. The lowest BCUT2D eigenvalue weighted by Crippen LogP contribution is -2.30. The smallest absolute Gasteiger partial charge is 0.0701 e. The Balaban J connectivity index is 0. The highest BCUT2D eigenvalue weighted by Gasteiger charge is 1.97. The van der Waals surface area contributed by atoms with Gasteiger partial charge in [0, 0.05) is 26.9 Å². The molecule has 0 saturated heterocycles. The summed E-state index contributed by atoms with van der Waals surface area (Å²) in [5.41, 5.74) is 0. The van der Waals surface area contributed by atoms with Gasteiger partial charge in [0.1, 0.15) is 0 Å². The van der Waals surface area contributed by atoms with Gasteiger partial charge in [0.15, 0.2) is 0 Å². The van der Waals surface area contributed by atoms with Crippen molar-refractivity contribution in [1.82, 2.24) is 5.32 Å². The number of hydrogen-bond donors (Lipinski definition) is 1. The van der Waals surface area contributed by atoms with Crippen molar-refractivity contribution in [2.45, 2.75) is 33.7 Å². The van der Waals surface area contributed by atoms with Gasteiger partial charge < -0.3 is 24.3 Å². The molecule has 1 N–H and O–H groups in total. The average molecular weight is 293 g/mol. The minimum absolute atomic E-state index is 0.442. The molecule has 20 heavy (non-hydrogen) atoms. The molecule has 0 aliphatic rings. The van der Waals surface area contributed by atoms with Crippen molar-refractivity contribution in [3.63, 3.8) is 0 Å². The van der Waals surface area contributed by atoms with Crippen molar-refractivity contribution >= 4 is 0 Å². The summed E-state index contributed by atoms with van der Waals surface area (Å²) in [4.78, 5) is 0. The molecular weight excluding hydrogens is 258 g/mol. The van der Waals surface area contributed by atoms with Gasteiger partial charge >= 0.3 is 0 Å². The van der Waals surface area contributed by atoms with Crippen LogP contribution in [-0.4, -0.2) is 66.4 Å². The Morgan fingerprint density at radius 3 is 1.70 bits per heavy atom. The number of ether oxygens (including phenoxy) is 4. The molecule has 0 heterocycles. The molecule has 0 aromatic carbocycles. The molecule has 0 aromatic heterocycles. The topological polar surface area (TPSA) is 49.0 Å². The Morgan fingerprint density at radius 1 is 0.800 bits per heavy atom. The maximum Gasteiger partial charge on any atom is 0.0701 e. The van der Waals surface area contributed by atoms with E-state index in [1.165, 1.54) is 0 Å². The van der Waals surface area contributed by atoms with Crippen molar-refractivity contribution in [3.8, 4) is 0 Å². The molecule has 0 rings (SSSR count). The van der Waals surface area contributed by atoms with Gasteiger partial charge in [-0.05, 0) is 19.4 Å². The van der Waals surface area contributed by atoms with E-state index in [2.05, 4.69) is 33.0 Å². The average Bonchev–Trinajstić information content (AvgIpc) is 2.41. The van der Waals surface area contributed by atoms with Crippen LogP contribution >= 0.6 is 0 Å². The fourth-order valence-electron chi connectivity index (χ4n) is 1.27. The van der Waals surface area contributed by atoms with Crippen LogP contribution in [0.2, 0.25) is 0 Å². The maximum atomic E-state index is 5.30. The summed E-state index contributed by atoms with van der Waals surface area (Å²) in [5.74, 6) is 0.627. The summed E-state index contributed by atoms with van der Waals surface area (Å²) in [6, 6.07) is 0.442. The molecule has 0 aliphatic heterocycles. The molecule has 0 bridgehead atoms. The molecule has 0 aliphatic carbocycles. The summed E-state index contributed by atoms with van der Waals surface area (Å²) in [7, 11) is 3.36. The van der Waals surface area contributed by atoms with E-state index < -0.39 is 0 Å². The van der Waals surface area contributed by atoms with Crippen LogP contribution in [0.1, 0.15) is 27.7 Å². The van der Waals surface area contributed by atoms with Crippen molar-refractivity contribution in [2.24, 2.45) is 5.92 Å². The largest absolute Gasteiger partial charge is 0.382 e. The molecule has 5 nitrogen and oxygen atoms in total. The summed E-state index contributed by atoms with van der Waals surface area (Å²) < 4.78 is 20.1. The Bertz CT molecular complexity index is 168. The molecule has 5 heteroatoms. The van der Waals surface area contributed by atoms with E-state index in [-0.39, 0.29) is 0 Å². The van der Waals surface area contributed by atoms with Gasteiger partial charge in [0.2, 0.25) is 0 Å². The maximum absolute atomic E-state index is 5.30. The number of rotatable bonds is 12. The van der Waals surface area contributed by atoms with E-state index >= 15 is 0 Å². The normalized spacial score (nSPS) is 12.2. The lowest BCUT2D eigenvalue weighted by atomic mass is 10.2. The van der Waals surface area contributed by atoms with Gasteiger partial charge in [-0.25, -0.2) is 0 Å². The summed E-state index contributed by atoms with van der Waals surface area (Å²) >= 11 is 0. The van der Waals surface area contributed by atoms with Crippen molar-refractivity contribution in [2.75, 3.05) is 60.4 Å². The second-order valence-electron chi connectivity index (χ2n) is 4.99. The molecule has 0 aromatic rings. The van der Waals surface area contributed by atoms with E-state index in [9.17, 15) is 0 Å². The molecule has 124 valence electrons. The van der Waals surface area contributed by atoms with Crippen LogP contribution in [0.5, 0.6) is 0 Å². The quantitative estimate of drug-likeness (QED) is 0.557. The second kappa shape index (κ2) is 18.8. The van der Waals surface area contributed by atoms with Crippen LogP contribution in [0.4, 0.5) is 0 Å². The predicted molar refractivity (Wildman–Crippen MR) is 83.4 cm³/mol. The second-order valence-corrected chi connectivity index (χ2v) is 4.99. The zero-order valence-electron chi connectivity index (χ0n) is 14.2. The van der Waals surface area contributed by atoms with Crippen LogP contribution < -0.4 is 5.32 Å². The first-order valence-corrected chi connectivity index (χ1v) is 7.45. The molecule has 1 unspecified atom stereocenters. The molecule has 0 spiro atoms. The van der Waals surface area contributed by atoms with Gasteiger partial charge in [0.05, 0.1) is 33.0 Å². The zero-order valence-corrected chi connectivity index (χ0v) is 14.2. The fourth-order valence-corrected chi connectivity index (χ4v) is 1.27. The SMILES string of the molecule is CCNC(C)COCCOC.COCCOCC(C)C. The lowest BCUT2D eigenvalue weighted by Gasteiger charge is -2.11. The number of methoxy groups -OCH3 is 2. The van der Waals surface area contributed by atoms with Gasteiger partial charge in [-0.2, -0.15) is 0 Å². The lowest BCUT2D eigenvalue weighted by molar-refractivity contribution is 0.0572. The fraction of sp³-hybridized carbons (Fsp3) is 1.00. The highest BCUT2D eigenvalue weighted by atomic mass is 16.5. The van der Waals surface area contributed by atoms with Crippen LogP contribution in [0.3, 0.4) is 0 Å². The van der Waals surface area contributed by atoms with Crippen molar-refractivity contribution in [3.05, 3.63) is 0 Å². The molecule has 1 atom stereocenters. The van der Waals surface area contributed by atoms with Crippen LogP contribution in [-0.2, 0) is 18.9 Å². The van der Waals surface area contributed by atoms with Crippen LogP contribution in [0.15, 0.2) is 0 Å². The van der Waals surface area contributed by atoms with Gasteiger partial charge in [-0.15, -0.1) is 0 Å². The Morgan fingerprint density at radius 2 is 1.30 bits per heavy atom. The van der Waals surface area contributed by atoms with E-state index in [1.807, 2.05) is 0 Å². The van der Waals surface area contributed by atoms with Crippen LogP contribution in [0.25, 0.3) is 0 Å². The number of likely N-dealkylation sites (N-methyl/N-ethyl adjacent to an activating group) is 1. The van der Waals surface area contributed by atoms with Crippen molar-refractivity contribution in [1.29, 1.82) is 0 Å². The molecule has 0 amide bonds. The zero-order chi connectivity index (χ0) is 15.6. The first kappa shape index (κ1) is 22.1. The minimum atomic E-state index is 0.442. The summed E-state index contributed by atoms with van der Waals surface area (Å²) in [5, 5.41) is 3.26. The summed E-state index contributed by atoms with van der Waals surface area (Å²) in [6.45, 7) is 13.8. The minimum Gasteiger partial charge on any atom is -0.382 e. The molecule has 0 saturated carbocycles. The first-order valence-electron chi connectivity index (χ1n) is 7.45. The third-order valence-electron chi connectivity index (χ3n) is 2.24. The van der Waals surface area contributed by atoms with Crippen LogP contribution in [0, 0.1) is 5.92 Å². The van der Waals surface area contributed by atoms with E-state index in [4.69, 9.17) is 18.9 Å². The van der Waals surface area contributed by atoms with Crippen molar-refractivity contribution < 1.29 is 18.9 Å². The van der Waals surface area contributed by atoms with E-state index in [0.717, 1.165) is 19.8 Å². The first-order chi connectivity index (χ1) is 9.58. The standard InChI is InChI=1S/C8H19NO2.C7H16O2/c1-4-9-8(2)7-11-6-5-10-3;1-7(2)6-9-5-4-8-3/h8-9H,4-7H2,1-3H3;7H,4-6H2,1-3H3. The third-order valence-corrected chi connectivity index (χ3v) is 2.24. The van der Waals surface area contributed by atoms with E-state index in [0.29, 0.717) is 38.4 Å². The predicted octanol–water partition coefficient (Wildman–Crippen LogP) is 1.95. The number of hydrogen-bond acceptors (Lipinski definition) is 5. The monoisotopic (exact) mass is 293 g/mol. The molecular formula is C15H35NO4. The summed E-state index contributed by atoms with van der Waals surface area (Å²) in [6.07, 6.45) is 0. The van der Waals surface area contributed by atoms with Gasteiger partial charge in [-0.3, -0.25) is 0 Å². The highest BCUT2D eigenvalue weighted by molar-refractivity contribution is 4.55. The van der Waals surface area contributed by atoms with Gasteiger partial charge in [0.25, 0.3) is 0 Å². The molecule has 0 fully saturated rings. The Labute approximate surface area is 125 Å².